The molecule has 0 aromatic heterocycles. The Labute approximate surface area is 143 Å². The smallest absolute Gasteiger partial charge is 0.319 e. The lowest BCUT2D eigenvalue weighted by Crippen LogP contribution is -2.38. The van der Waals surface area contributed by atoms with E-state index < -0.39 is 0 Å². The number of rotatable bonds is 5. The van der Waals surface area contributed by atoms with Crippen LogP contribution < -0.4 is 10.6 Å². The van der Waals surface area contributed by atoms with Gasteiger partial charge in [-0.05, 0) is 50.6 Å². The van der Waals surface area contributed by atoms with Crippen molar-refractivity contribution in [3.8, 4) is 0 Å². The summed E-state index contributed by atoms with van der Waals surface area (Å²) in [5.74, 6) is 0. The summed E-state index contributed by atoms with van der Waals surface area (Å²) in [6.07, 6.45) is 2.47. The zero-order valence-electron chi connectivity index (χ0n) is 14.2. The van der Waals surface area contributed by atoms with Crippen LogP contribution in [0.25, 0.3) is 0 Å². The predicted octanol–water partition coefficient (Wildman–Crippen LogP) is 3.95. The maximum Gasteiger partial charge on any atom is 0.319 e. The summed E-state index contributed by atoms with van der Waals surface area (Å²) in [6, 6.07) is 18.3. The zero-order chi connectivity index (χ0) is 16.8. The number of urea groups is 1. The third-order valence-corrected chi connectivity index (χ3v) is 4.53. The largest absolute Gasteiger partial charge is 0.336 e. The van der Waals surface area contributed by atoms with Crippen molar-refractivity contribution in [3.63, 3.8) is 0 Å². The molecule has 0 bridgehead atoms. The zero-order valence-corrected chi connectivity index (χ0v) is 14.2. The number of nitrogens with zero attached hydrogens (tertiary/aromatic N) is 1. The van der Waals surface area contributed by atoms with Crippen LogP contribution in [-0.4, -0.2) is 30.6 Å². The van der Waals surface area contributed by atoms with Gasteiger partial charge in [0.25, 0.3) is 0 Å². The average molecular weight is 323 g/mol. The Bertz CT molecular complexity index is 648. The Kier molecular flexibility index (Phi) is 5.49. The maximum absolute atomic E-state index is 12.2. The number of benzene rings is 2. The number of carbonyl (C=O) groups excluding carboxylic acids is 1. The first-order valence-electron chi connectivity index (χ1n) is 8.63. The molecule has 1 atom stereocenters. The molecule has 1 fully saturated rings. The first-order chi connectivity index (χ1) is 11.7. The summed E-state index contributed by atoms with van der Waals surface area (Å²) in [6.45, 7) is 4.84. The molecule has 1 saturated heterocycles. The van der Waals surface area contributed by atoms with Crippen molar-refractivity contribution >= 4 is 11.7 Å². The Morgan fingerprint density at radius 2 is 1.71 bits per heavy atom. The number of carbonyl (C=O) groups is 1. The fourth-order valence-electron chi connectivity index (χ4n) is 3.19. The van der Waals surface area contributed by atoms with Crippen LogP contribution in [0.1, 0.15) is 30.0 Å². The molecule has 1 heterocycles. The SMILES string of the molecule is Cc1ccc(NC(=O)NCC(c2ccccc2)N2CCCC2)cc1. The van der Waals surface area contributed by atoms with Crippen LogP contribution in [0.2, 0.25) is 0 Å². The highest BCUT2D eigenvalue weighted by Crippen LogP contribution is 2.24. The van der Waals surface area contributed by atoms with E-state index in [0.29, 0.717) is 6.54 Å². The molecule has 3 rings (SSSR count). The summed E-state index contributed by atoms with van der Waals surface area (Å²) in [5.41, 5.74) is 3.25. The summed E-state index contributed by atoms with van der Waals surface area (Å²) in [4.78, 5) is 14.7. The second kappa shape index (κ2) is 7.97. The highest BCUT2D eigenvalue weighted by atomic mass is 16.2. The van der Waals surface area contributed by atoms with Crippen LogP contribution in [0.4, 0.5) is 10.5 Å². The van der Waals surface area contributed by atoms with Gasteiger partial charge in [-0.2, -0.15) is 0 Å². The van der Waals surface area contributed by atoms with Crippen molar-refractivity contribution in [3.05, 3.63) is 65.7 Å². The van der Waals surface area contributed by atoms with E-state index >= 15 is 0 Å². The molecule has 0 aliphatic carbocycles. The van der Waals surface area contributed by atoms with E-state index in [1.54, 1.807) is 0 Å². The van der Waals surface area contributed by atoms with Crippen molar-refractivity contribution in [1.82, 2.24) is 10.2 Å². The molecule has 2 N–H and O–H groups in total. The second-order valence-electron chi connectivity index (χ2n) is 6.37. The lowest BCUT2D eigenvalue weighted by atomic mass is 10.1. The van der Waals surface area contributed by atoms with Gasteiger partial charge in [0.05, 0.1) is 6.04 Å². The molecule has 0 spiro atoms. The minimum absolute atomic E-state index is 0.154. The van der Waals surface area contributed by atoms with Crippen molar-refractivity contribution in [2.45, 2.75) is 25.8 Å². The Hall–Kier alpha value is -2.33. The van der Waals surface area contributed by atoms with Crippen LogP contribution in [0.15, 0.2) is 54.6 Å². The number of likely N-dealkylation sites (tertiary alicyclic amines) is 1. The standard InChI is InChI=1S/C20H25N3O/c1-16-9-11-18(12-10-16)22-20(24)21-15-19(23-13-5-6-14-23)17-7-3-2-4-8-17/h2-4,7-12,19H,5-6,13-15H2,1H3,(H2,21,22,24). The van der Waals surface area contributed by atoms with Gasteiger partial charge >= 0.3 is 6.03 Å². The van der Waals surface area contributed by atoms with Gasteiger partial charge in [-0.3, -0.25) is 4.90 Å². The lowest BCUT2D eigenvalue weighted by molar-refractivity contribution is 0.227. The Morgan fingerprint density at radius 3 is 2.38 bits per heavy atom. The minimum Gasteiger partial charge on any atom is -0.336 e. The van der Waals surface area contributed by atoms with Crippen molar-refractivity contribution in [2.24, 2.45) is 0 Å². The summed E-state index contributed by atoms with van der Waals surface area (Å²) < 4.78 is 0. The van der Waals surface area contributed by atoms with Crippen molar-refractivity contribution in [2.75, 3.05) is 25.0 Å². The molecule has 2 amide bonds. The van der Waals surface area contributed by atoms with Gasteiger partial charge < -0.3 is 10.6 Å². The fraction of sp³-hybridized carbons (Fsp3) is 0.350. The van der Waals surface area contributed by atoms with E-state index in [0.717, 1.165) is 18.8 Å². The lowest BCUT2D eigenvalue weighted by Gasteiger charge is -2.28. The average Bonchev–Trinajstić information content (AvgIpc) is 3.12. The summed E-state index contributed by atoms with van der Waals surface area (Å²) in [7, 11) is 0. The van der Waals surface area contributed by atoms with Gasteiger partial charge in [0.15, 0.2) is 0 Å². The topological polar surface area (TPSA) is 44.4 Å². The third-order valence-electron chi connectivity index (χ3n) is 4.53. The van der Waals surface area contributed by atoms with E-state index in [9.17, 15) is 4.79 Å². The molecule has 4 nitrogen and oxygen atoms in total. The number of hydrogen-bond donors (Lipinski definition) is 2. The number of anilines is 1. The summed E-state index contributed by atoms with van der Waals surface area (Å²) >= 11 is 0. The molecule has 0 radical (unpaired) electrons. The Morgan fingerprint density at radius 1 is 1.04 bits per heavy atom. The first-order valence-corrected chi connectivity index (χ1v) is 8.63. The molecule has 126 valence electrons. The van der Waals surface area contributed by atoms with E-state index in [1.807, 2.05) is 37.3 Å². The quantitative estimate of drug-likeness (QED) is 0.875. The van der Waals surface area contributed by atoms with Gasteiger partial charge in [-0.1, -0.05) is 48.0 Å². The molecule has 4 heteroatoms. The first kappa shape index (κ1) is 16.5. The van der Waals surface area contributed by atoms with Crippen LogP contribution in [0.5, 0.6) is 0 Å². The van der Waals surface area contributed by atoms with Crippen LogP contribution in [-0.2, 0) is 0 Å². The van der Waals surface area contributed by atoms with E-state index in [4.69, 9.17) is 0 Å². The number of amides is 2. The van der Waals surface area contributed by atoms with Crippen LogP contribution in [0, 0.1) is 6.92 Å². The van der Waals surface area contributed by atoms with Gasteiger partial charge in [0, 0.05) is 12.2 Å². The third kappa shape index (κ3) is 4.36. The van der Waals surface area contributed by atoms with Crippen molar-refractivity contribution < 1.29 is 4.79 Å². The van der Waals surface area contributed by atoms with Gasteiger partial charge in [0.1, 0.15) is 0 Å². The van der Waals surface area contributed by atoms with Gasteiger partial charge in [0.2, 0.25) is 0 Å². The number of aryl methyl sites for hydroxylation is 1. The van der Waals surface area contributed by atoms with E-state index in [1.165, 1.54) is 24.0 Å². The molecule has 0 saturated carbocycles. The Balaban J connectivity index is 1.60. The molecule has 1 aliphatic rings. The number of hydrogen-bond acceptors (Lipinski definition) is 2. The highest BCUT2D eigenvalue weighted by Gasteiger charge is 2.23. The van der Waals surface area contributed by atoms with Gasteiger partial charge in [-0.15, -0.1) is 0 Å². The fourth-order valence-corrected chi connectivity index (χ4v) is 3.19. The van der Waals surface area contributed by atoms with E-state index in [-0.39, 0.29) is 12.1 Å². The highest BCUT2D eigenvalue weighted by molar-refractivity contribution is 5.89. The molecule has 1 unspecified atom stereocenters. The minimum atomic E-state index is -0.154. The predicted molar refractivity (Wildman–Crippen MR) is 98.2 cm³/mol. The van der Waals surface area contributed by atoms with Gasteiger partial charge in [-0.25, -0.2) is 4.79 Å². The monoisotopic (exact) mass is 323 g/mol. The van der Waals surface area contributed by atoms with Crippen LogP contribution in [0.3, 0.4) is 0 Å². The molecule has 2 aromatic rings. The number of nitrogens with one attached hydrogen (secondary N) is 2. The maximum atomic E-state index is 12.2. The second-order valence-corrected chi connectivity index (χ2v) is 6.37. The van der Waals surface area contributed by atoms with E-state index in [2.05, 4.69) is 39.8 Å². The molecule has 24 heavy (non-hydrogen) atoms. The normalized spacial score (nSPS) is 15.9. The molecule has 2 aromatic carbocycles. The van der Waals surface area contributed by atoms with Crippen LogP contribution >= 0.6 is 0 Å². The molecular weight excluding hydrogens is 298 g/mol. The van der Waals surface area contributed by atoms with Crippen molar-refractivity contribution in [1.29, 1.82) is 0 Å². The molecule has 1 aliphatic heterocycles. The molecular formula is C20H25N3O. The summed E-state index contributed by atoms with van der Waals surface area (Å²) in [5, 5.41) is 5.93.